The van der Waals surface area contributed by atoms with Crippen molar-refractivity contribution >= 4 is 45.4 Å². The molecular weight excluding hydrogens is 314 g/mol. The summed E-state index contributed by atoms with van der Waals surface area (Å²) in [4.78, 5) is 30.9. The lowest BCUT2D eigenvalue weighted by molar-refractivity contribution is 0.0701. The van der Waals surface area contributed by atoms with Crippen LogP contribution in [0.4, 0.5) is 5.69 Å². The van der Waals surface area contributed by atoms with E-state index in [-0.39, 0.29) is 10.4 Å². The number of H-pyrrole nitrogens is 1. The van der Waals surface area contributed by atoms with Gasteiger partial charge in [0.15, 0.2) is 0 Å². The Morgan fingerprint density at radius 3 is 2.87 bits per heavy atom. The summed E-state index contributed by atoms with van der Waals surface area (Å²) in [7, 11) is 0. The van der Waals surface area contributed by atoms with Crippen LogP contribution in [0.2, 0.25) is 0 Å². The molecule has 3 aromatic rings. The Hall–Kier alpha value is -2.93. The predicted octanol–water partition coefficient (Wildman–Crippen LogP) is 2.74. The molecule has 0 atom stereocenters. The van der Waals surface area contributed by atoms with Gasteiger partial charge in [-0.15, -0.1) is 11.3 Å². The summed E-state index contributed by atoms with van der Waals surface area (Å²) >= 11 is 1.000. The van der Waals surface area contributed by atoms with Crippen LogP contribution in [0.25, 0.3) is 22.4 Å². The van der Waals surface area contributed by atoms with Gasteiger partial charge in [-0.1, -0.05) is 18.2 Å². The number of aromatic nitrogens is 2. The molecule has 2 aromatic heterocycles. The number of thiophene rings is 1. The van der Waals surface area contributed by atoms with E-state index in [4.69, 9.17) is 10.8 Å². The van der Waals surface area contributed by atoms with Gasteiger partial charge >= 0.3 is 5.97 Å². The Morgan fingerprint density at radius 1 is 1.39 bits per heavy atom. The van der Waals surface area contributed by atoms with E-state index in [1.807, 2.05) is 12.1 Å². The lowest BCUT2D eigenvalue weighted by atomic mass is 10.2. The van der Waals surface area contributed by atoms with Crippen molar-refractivity contribution in [3.8, 4) is 0 Å². The average molecular weight is 327 g/mol. The Bertz CT molecular complexity index is 1000. The van der Waals surface area contributed by atoms with Gasteiger partial charge in [-0.2, -0.15) is 0 Å². The zero-order chi connectivity index (χ0) is 16.6. The van der Waals surface area contributed by atoms with Crippen molar-refractivity contribution in [2.45, 2.75) is 6.92 Å². The fourth-order valence-corrected chi connectivity index (χ4v) is 3.31. The number of anilines is 1. The van der Waals surface area contributed by atoms with E-state index in [0.29, 0.717) is 27.3 Å². The number of nitrogens with zero attached hydrogens (tertiary/aromatic N) is 1. The third kappa shape index (κ3) is 2.86. The number of nitrogen functional groups attached to an aromatic ring is 1. The van der Waals surface area contributed by atoms with Gasteiger partial charge in [0.2, 0.25) is 0 Å². The van der Waals surface area contributed by atoms with Gasteiger partial charge in [0.25, 0.3) is 5.56 Å². The third-order valence-electron chi connectivity index (χ3n) is 3.36. The summed E-state index contributed by atoms with van der Waals surface area (Å²) in [6.45, 7) is 1.61. The summed E-state index contributed by atoms with van der Waals surface area (Å²) in [6, 6.07) is 7.29. The number of carboxylic acids is 1. The van der Waals surface area contributed by atoms with Gasteiger partial charge in [0, 0.05) is 5.69 Å². The van der Waals surface area contributed by atoms with E-state index < -0.39 is 5.97 Å². The Balaban J connectivity index is 2.06. The summed E-state index contributed by atoms with van der Waals surface area (Å²) in [5.41, 5.74) is 7.33. The Morgan fingerprint density at radius 2 is 2.17 bits per heavy atom. The molecule has 0 aliphatic rings. The largest absolute Gasteiger partial charge is 0.477 e. The van der Waals surface area contributed by atoms with Gasteiger partial charge in [-0.3, -0.25) is 4.79 Å². The maximum Gasteiger partial charge on any atom is 0.346 e. The molecule has 6 nitrogen and oxygen atoms in total. The third-order valence-corrected chi connectivity index (χ3v) is 4.53. The number of benzene rings is 1. The van der Waals surface area contributed by atoms with Crippen LogP contribution in [0.5, 0.6) is 0 Å². The number of hydrogen-bond acceptors (Lipinski definition) is 5. The number of rotatable bonds is 3. The lowest BCUT2D eigenvalue weighted by Crippen LogP contribution is -2.09. The van der Waals surface area contributed by atoms with Crippen molar-refractivity contribution in [3.05, 3.63) is 56.4 Å². The number of aromatic amines is 1. The van der Waals surface area contributed by atoms with Crippen LogP contribution in [0.3, 0.4) is 0 Å². The molecule has 1 aromatic carbocycles. The molecule has 23 heavy (non-hydrogen) atoms. The van der Waals surface area contributed by atoms with Crippen LogP contribution in [0.1, 0.15) is 26.6 Å². The van der Waals surface area contributed by atoms with E-state index in [1.54, 1.807) is 31.2 Å². The highest BCUT2D eigenvalue weighted by Crippen LogP contribution is 2.26. The second kappa shape index (κ2) is 5.69. The molecule has 0 spiro atoms. The fourth-order valence-electron chi connectivity index (χ4n) is 2.28. The van der Waals surface area contributed by atoms with Crippen LogP contribution >= 0.6 is 11.3 Å². The summed E-state index contributed by atoms with van der Waals surface area (Å²) in [5.74, 6) is -0.690. The van der Waals surface area contributed by atoms with E-state index in [1.165, 1.54) is 0 Å². The Labute approximate surface area is 134 Å². The molecule has 0 aliphatic carbocycles. The lowest BCUT2D eigenvalue weighted by Gasteiger charge is -1.97. The molecule has 0 aliphatic heterocycles. The first-order valence-electron chi connectivity index (χ1n) is 6.76. The number of nitrogens with two attached hydrogens (primary N) is 1. The molecule has 7 heteroatoms. The number of fused-ring (bicyclic) bond motifs is 1. The molecule has 0 bridgehead atoms. The monoisotopic (exact) mass is 327 g/mol. The first-order chi connectivity index (χ1) is 11.0. The second-order valence-electron chi connectivity index (χ2n) is 5.00. The normalized spacial score (nSPS) is 11.3. The van der Waals surface area contributed by atoms with Gasteiger partial charge in [-0.05, 0) is 36.3 Å². The molecule has 0 amide bonds. The minimum Gasteiger partial charge on any atom is -0.477 e. The first-order valence-corrected chi connectivity index (χ1v) is 7.57. The van der Waals surface area contributed by atoms with E-state index in [9.17, 15) is 9.59 Å². The van der Waals surface area contributed by atoms with E-state index in [0.717, 1.165) is 16.9 Å². The van der Waals surface area contributed by atoms with Crippen molar-refractivity contribution in [1.82, 2.24) is 9.97 Å². The van der Waals surface area contributed by atoms with Crippen LogP contribution in [-0.4, -0.2) is 21.0 Å². The molecule has 2 heterocycles. The Kier molecular flexibility index (Phi) is 3.71. The molecule has 0 radical (unpaired) electrons. The topological polar surface area (TPSA) is 109 Å². The van der Waals surface area contributed by atoms with Gasteiger partial charge in [0.05, 0.1) is 5.39 Å². The molecular formula is C16H13N3O3S. The number of aromatic carboxylic acids is 1. The summed E-state index contributed by atoms with van der Waals surface area (Å²) in [5, 5.41) is 9.48. The van der Waals surface area contributed by atoms with Gasteiger partial charge in [0.1, 0.15) is 15.5 Å². The fraction of sp³-hybridized carbons (Fsp3) is 0.0625. The minimum atomic E-state index is -1.05. The maximum atomic E-state index is 12.2. The van der Waals surface area contributed by atoms with Crippen LogP contribution in [-0.2, 0) is 0 Å². The number of aryl methyl sites for hydroxylation is 1. The van der Waals surface area contributed by atoms with Crippen molar-refractivity contribution in [1.29, 1.82) is 0 Å². The van der Waals surface area contributed by atoms with E-state index >= 15 is 0 Å². The summed E-state index contributed by atoms with van der Waals surface area (Å²) in [6.07, 6.45) is 3.43. The standard InChI is InChI=1S/C16H13N3O3S/c1-8-12-14(20)18-11(19-15(12)23-13(8)16(21)22)6-5-9-3-2-4-10(17)7-9/h2-7H,17H2,1H3,(H,21,22)(H,18,19,20)/b6-5+. The predicted molar refractivity (Wildman–Crippen MR) is 91.7 cm³/mol. The zero-order valence-electron chi connectivity index (χ0n) is 12.2. The highest BCUT2D eigenvalue weighted by Gasteiger charge is 2.18. The number of carbonyl (C=O) groups is 1. The molecule has 0 saturated heterocycles. The SMILES string of the molecule is Cc1c(C(=O)O)sc2nc(/C=C/c3cccc(N)c3)[nH]c(=O)c12. The summed E-state index contributed by atoms with van der Waals surface area (Å²) < 4.78 is 0. The minimum absolute atomic E-state index is 0.134. The van der Waals surface area contributed by atoms with Crippen molar-refractivity contribution in [2.24, 2.45) is 0 Å². The zero-order valence-corrected chi connectivity index (χ0v) is 13.0. The van der Waals surface area contributed by atoms with E-state index in [2.05, 4.69) is 9.97 Å². The number of hydrogen-bond donors (Lipinski definition) is 3. The number of nitrogens with one attached hydrogen (secondary N) is 1. The molecule has 3 rings (SSSR count). The smallest absolute Gasteiger partial charge is 0.346 e. The highest BCUT2D eigenvalue weighted by atomic mass is 32.1. The van der Waals surface area contributed by atoms with Crippen LogP contribution in [0.15, 0.2) is 29.1 Å². The van der Waals surface area contributed by atoms with Crippen LogP contribution < -0.4 is 11.3 Å². The average Bonchev–Trinajstić information content (AvgIpc) is 2.83. The van der Waals surface area contributed by atoms with Gasteiger partial charge < -0.3 is 15.8 Å². The van der Waals surface area contributed by atoms with Crippen molar-refractivity contribution < 1.29 is 9.90 Å². The molecule has 0 fully saturated rings. The second-order valence-corrected chi connectivity index (χ2v) is 6.00. The van der Waals surface area contributed by atoms with Crippen LogP contribution in [0, 0.1) is 6.92 Å². The number of carboxylic acid groups (broad SMARTS) is 1. The van der Waals surface area contributed by atoms with Crippen molar-refractivity contribution in [2.75, 3.05) is 5.73 Å². The molecule has 116 valence electrons. The highest BCUT2D eigenvalue weighted by molar-refractivity contribution is 7.20. The van der Waals surface area contributed by atoms with Crippen molar-refractivity contribution in [3.63, 3.8) is 0 Å². The molecule has 0 saturated carbocycles. The first kappa shape index (κ1) is 15.0. The molecule has 0 unspecified atom stereocenters. The quantitative estimate of drug-likeness (QED) is 0.641. The molecule has 4 N–H and O–H groups in total. The maximum absolute atomic E-state index is 12.2. The van der Waals surface area contributed by atoms with Gasteiger partial charge in [-0.25, -0.2) is 9.78 Å².